The highest BCUT2D eigenvalue weighted by molar-refractivity contribution is 5.26. The summed E-state index contributed by atoms with van der Waals surface area (Å²) in [4.78, 5) is 4.15. The molecule has 0 saturated carbocycles. The fraction of sp³-hybridized carbons (Fsp3) is 0.583. The Morgan fingerprint density at radius 2 is 2.19 bits per heavy atom. The maximum absolute atomic E-state index is 5.20. The Bertz CT molecular complexity index is 305. The van der Waals surface area contributed by atoms with E-state index in [0.717, 1.165) is 24.3 Å². The summed E-state index contributed by atoms with van der Waals surface area (Å²) in [6.45, 7) is 3.74. The van der Waals surface area contributed by atoms with Crippen LogP contribution in [0.3, 0.4) is 0 Å². The third-order valence-electron chi connectivity index (χ3n) is 2.35. The molecule has 4 heteroatoms. The monoisotopic (exact) mass is 224 g/mol. The van der Waals surface area contributed by atoms with Crippen LogP contribution in [0.15, 0.2) is 18.5 Å². The molecule has 0 bridgehead atoms. The van der Waals surface area contributed by atoms with Crippen LogP contribution < -0.4 is 10.1 Å². The lowest BCUT2D eigenvalue weighted by molar-refractivity contribution is 0.167. The Morgan fingerprint density at radius 1 is 1.38 bits per heavy atom. The first kappa shape index (κ1) is 12.9. The Hall–Kier alpha value is -1.13. The van der Waals surface area contributed by atoms with Gasteiger partial charge in [-0.25, -0.2) is 0 Å². The largest absolute Gasteiger partial charge is 0.495 e. The van der Waals surface area contributed by atoms with E-state index in [9.17, 15) is 0 Å². The van der Waals surface area contributed by atoms with E-state index in [0.29, 0.717) is 6.61 Å². The smallest absolute Gasteiger partial charge is 0.137 e. The van der Waals surface area contributed by atoms with Gasteiger partial charge in [-0.3, -0.25) is 4.98 Å². The van der Waals surface area contributed by atoms with Gasteiger partial charge < -0.3 is 14.8 Å². The summed E-state index contributed by atoms with van der Waals surface area (Å²) in [6, 6.07) is 2.16. The summed E-state index contributed by atoms with van der Waals surface area (Å²) < 4.78 is 10.4. The van der Waals surface area contributed by atoms with Gasteiger partial charge in [0, 0.05) is 13.3 Å². The number of methoxy groups -OCH3 is 2. The second-order valence-electron chi connectivity index (χ2n) is 3.62. The molecule has 0 amide bonds. The van der Waals surface area contributed by atoms with Crippen molar-refractivity contribution in [1.29, 1.82) is 0 Å². The summed E-state index contributed by atoms with van der Waals surface area (Å²) in [5.74, 6) is 0.775. The third kappa shape index (κ3) is 3.79. The average molecular weight is 224 g/mol. The summed E-state index contributed by atoms with van der Waals surface area (Å²) >= 11 is 0. The normalized spacial score (nSPS) is 12.4. The zero-order valence-electron chi connectivity index (χ0n) is 10.2. The van der Waals surface area contributed by atoms with E-state index >= 15 is 0 Å². The second-order valence-corrected chi connectivity index (χ2v) is 3.62. The minimum Gasteiger partial charge on any atom is -0.495 e. The number of hydrogen-bond donors (Lipinski definition) is 1. The molecule has 1 N–H and O–H groups in total. The molecule has 1 unspecified atom stereocenters. The molecule has 16 heavy (non-hydrogen) atoms. The molecule has 0 aliphatic heterocycles. The fourth-order valence-corrected chi connectivity index (χ4v) is 1.50. The van der Waals surface area contributed by atoms with Crippen LogP contribution in [0.2, 0.25) is 0 Å². The lowest BCUT2D eigenvalue weighted by Crippen LogP contribution is -2.26. The van der Waals surface area contributed by atoms with Crippen molar-refractivity contribution in [3.8, 4) is 5.75 Å². The van der Waals surface area contributed by atoms with Crippen LogP contribution in [0.1, 0.15) is 24.9 Å². The Balaban J connectivity index is 2.73. The number of rotatable bonds is 7. The molecule has 0 aliphatic carbocycles. The molecule has 0 aliphatic rings. The number of ether oxygens (including phenoxy) is 2. The van der Waals surface area contributed by atoms with Crippen molar-refractivity contribution in [3.63, 3.8) is 0 Å². The molecule has 1 heterocycles. The van der Waals surface area contributed by atoms with E-state index in [-0.39, 0.29) is 6.04 Å². The van der Waals surface area contributed by atoms with E-state index in [1.54, 1.807) is 20.4 Å². The minimum atomic E-state index is 0.174. The zero-order valence-corrected chi connectivity index (χ0v) is 10.2. The van der Waals surface area contributed by atoms with Crippen molar-refractivity contribution in [3.05, 3.63) is 24.0 Å². The Kier molecular flexibility index (Phi) is 5.82. The van der Waals surface area contributed by atoms with Crippen molar-refractivity contribution in [2.75, 3.05) is 27.4 Å². The molecule has 1 atom stereocenters. The fourth-order valence-electron chi connectivity index (χ4n) is 1.50. The van der Waals surface area contributed by atoms with Crippen LogP contribution in [-0.2, 0) is 4.74 Å². The van der Waals surface area contributed by atoms with Crippen molar-refractivity contribution >= 4 is 0 Å². The molecular formula is C12H20N2O2. The van der Waals surface area contributed by atoms with E-state index in [1.165, 1.54) is 0 Å². The highest BCUT2D eigenvalue weighted by atomic mass is 16.5. The highest BCUT2D eigenvalue weighted by Crippen LogP contribution is 2.17. The average Bonchev–Trinajstić information content (AvgIpc) is 2.34. The van der Waals surface area contributed by atoms with E-state index in [2.05, 4.69) is 17.2 Å². The van der Waals surface area contributed by atoms with Gasteiger partial charge in [0.15, 0.2) is 0 Å². The van der Waals surface area contributed by atoms with Gasteiger partial charge >= 0.3 is 0 Å². The molecule has 4 nitrogen and oxygen atoms in total. The maximum atomic E-state index is 5.20. The number of nitrogens with one attached hydrogen (secondary N) is 1. The van der Waals surface area contributed by atoms with Gasteiger partial charge in [0.05, 0.1) is 26.0 Å². The summed E-state index contributed by atoms with van der Waals surface area (Å²) in [5.41, 5.74) is 1.09. The predicted molar refractivity (Wildman–Crippen MR) is 63.7 cm³/mol. The summed E-state index contributed by atoms with van der Waals surface area (Å²) in [7, 11) is 3.35. The molecule has 0 spiro atoms. The zero-order chi connectivity index (χ0) is 11.8. The second kappa shape index (κ2) is 7.19. The van der Waals surface area contributed by atoms with Gasteiger partial charge in [-0.1, -0.05) is 6.92 Å². The number of pyridine rings is 1. The quantitative estimate of drug-likeness (QED) is 0.766. The number of aromatic nitrogens is 1. The predicted octanol–water partition coefficient (Wildman–Crippen LogP) is 1.78. The highest BCUT2D eigenvalue weighted by Gasteiger charge is 2.11. The third-order valence-corrected chi connectivity index (χ3v) is 2.35. The summed E-state index contributed by atoms with van der Waals surface area (Å²) in [5, 5.41) is 3.42. The van der Waals surface area contributed by atoms with Gasteiger partial charge in [0.2, 0.25) is 0 Å². The number of nitrogens with zero attached hydrogens (tertiary/aromatic N) is 1. The lowest BCUT2D eigenvalue weighted by Gasteiger charge is -2.18. The van der Waals surface area contributed by atoms with Gasteiger partial charge in [0.25, 0.3) is 0 Å². The van der Waals surface area contributed by atoms with Crippen LogP contribution in [0.25, 0.3) is 0 Å². The SMILES string of the molecule is CCCNC(COC)c1cncc(OC)c1. The van der Waals surface area contributed by atoms with Crippen LogP contribution in [0.4, 0.5) is 0 Å². The van der Waals surface area contributed by atoms with Crippen molar-refractivity contribution in [2.45, 2.75) is 19.4 Å². The van der Waals surface area contributed by atoms with E-state index in [4.69, 9.17) is 9.47 Å². The molecule has 1 aromatic rings. The van der Waals surface area contributed by atoms with Crippen molar-refractivity contribution in [2.24, 2.45) is 0 Å². The van der Waals surface area contributed by atoms with Crippen molar-refractivity contribution in [1.82, 2.24) is 10.3 Å². The van der Waals surface area contributed by atoms with Crippen molar-refractivity contribution < 1.29 is 9.47 Å². The maximum Gasteiger partial charge on any atom is 0.137 e. The Morgan fingerprint density at radius 3 is 2.81 bits per heavy atom. The van der Waals surface area contributed by atoms with Gasteiger partial charge in [0.1, 0.15) is 5.75 Å². The molecule has 1 rings (SSSR count). The van der Waals surface area contributed by atoms with Crippen LogP contribution in [-0.4, -0.2) is 32.4 Å². The first-order valence-corrected chi connectivity index (χ1v) is 5.53. The first-order valence-electron chi connectivity index (χ1n) is 5.53. The minimum absolute atomic E-state index is 0.174. The lowest BCUT2D eigenvalue weighted by atomic mass is 10.1. The van der Waals surface area contributed by atoms with Crippen LogP contribution >= 0.6 is 0 Å². The molecule has 90 valence electrons. The van der Waals surface area contributed by atoms with E-state index in [1.807, 2.05) is 12.3 Å². The van der Waals surface area contributed by atoms with E-state index < -0.39 is 0 Å². The molecule has 0 fully saturated rings. The first-order chi connectivity index (χ1) is 7.81. The number of hydrogen-bond acceptors (Lipinski definition) is 4. The topological polar surface area (TPSA) is 43.4 Å². The van der Waals surface area contributed by atoms with Crippen LogP contribution in [0.5, 0.6) is 5.75 Å². The van der Waals surface area contributed by atoms with Gasteiger partial charge in [-0.15, -0.1) is 0 Å². The molecular weight excluding hydrogens is 204 g/mol. The summed E-state index contributed by atoms with van der Waals surface area (Å²) in [6.07, 6.45) is 4.64. The van der Waals surface area contributed by atoms with Crippen LogP contribution in [0, 0.1) is 0 Å². The molecule has 0 aromatic carbocycles. The van der Waals surface area contributed by atoms with Gasteiger partial charge in [-0.2, -0.15) is 0 Å². The molecule has 0 saturated heterocycles. The Labute approximate surface area is 97.0 Å². The molecule has 1 aromatic heterocycles. The van der Waals surface area contributed by atoms with Gasteiger partial charge in [-0.05, 0) is 24.6 Å². The molecule has 0 radical (unpaired) electrons. The standard InChI is InChI=1S/C12H20N2O2/c1-4-5-14-12(9-15-2)10-6-11(16-3)8-13-7-10/h6-8,12,14H,4-5,9H2,1-3H3.